The zero-order chi connectivity index (χ0) is 11.2. The van der Waals surface area contributed by atoms with Crippen molar-refractivity contribution in [2.45, 2.75) is 18.3 Å². The minimum Gasteiger partial charge on any atom is -0.381 e. The highest BCUT2D eigenvalue weighted by atomic mass is 19.1. The third-order valence-electron chi connectivity index (χ3n) is 3.53. The van der Waals surface area contributed by atoms with Gasteiger partial charge in [0.1, 0.15) is 5.82 Å². The predicted octanol–water partition coefficient (Wildman–Crippen LogP) is 1.83. The van der Waals surface area contributed by atoms with Gasteiger partial charge >= 0.3 is 0 Å². The first-order valence-corrected chi connectivity index (χ1v) is 5.42. The standard InChI is InChI=1S/C12H12FNO2/c13-8-1-2-10-9(7-8)12(11(15)14-10)3-5-16-6-4-12/h1-2,7H,3-6H2,(H,14,15). The van der Waals surface area contributed by atoms with Gasteiger partial charge in [0.15, 0.2) is 0 Å². The molecule has 0 aromatic heterocycles. The molecule has 1 amide bonds. The summed E-state index contributed by atoms with van der Waals surface area (Å²) in [6.45, 7) is 1.12. The SMILES string of the molecule is O=C1Nc2ccc(F)cc2C12CCOCC2. The molecule has 1 spiro atoms. The lowest BCUT2D eigenvalue weighted by Gasteiger charge is -2.31. The van der Waals surface area contributed by atoms with Crippen molar-refractivity contribution in [3.8, 4) is 0 Å². The molecule has 1 aromatic rings. The van der Waals surface area contributed by atoms with Crippen molar-refractivity contribution >= 4 is 11.6 Å². The van der Waals surface area contributed by atoms with E-state index in [9.17, 15) is 9.18 Å². The molecule has 0 aliphatic carbocycles. The second-order valence-corrected chi connectivity index (χ2v) is 4.34. The average Bonchev–Trinajstić information content (AvgIpc) is 2.55. The summed E-state index contributed by atoms with van der Waals surface area (Å²) in [7, 11) is 0. The maximum atomic E-state index is 13.3. The molecular weight excluding hydrogens is 209 g/mol. The number of halogens is 1. The first-order valence-electron chi connectivity index (χ1n) is 5.42. The van der Waals surface area contributed by atoms with Crippen molar-refractivity contribution in [1.82, 2.24) is 0 Å². The van der Waals surface area contributed by atoms with E-state index in [-0.39, 0.29) is 11.7 Å². The van der Waals surface area contributed by atoms with Gasteiger partial charge in [-0.3, -0.25) is 4.79 Å². The summed E-state index contributed by atoms with van der Waals surface area (Å²) in [5.41, 5.74) is 0.976. The highest BCUT2D eigenvalue weighted by molar-refractivity contribution is 6.06. The molecule has 3 rings (SSSR count). The molecule has 3 nitrogen and oxygen atoms in total. The molecule has 0 saturated carbocycles. The van der Waals surface area contributed by atoms with Gasteiger partial charge in [-0.2, -0.15) is 0 Å². The van der Waals surface area contributed by atoms with Crippen molar-refractivity contribution in [1.29, 1.82) is 0 Å². The van der Waals surface area contributed by atoms with E-state index in [1.165, 1.54) is 12.1 Å². The molecule has 0 bridgehead atoms. The number of fused-ring (bicyclic) bond motifs is 2. The van der Waals surface area contributed by atoms with Crippen LogP contribution in [0.5, 0.6) is 0 Å². The lowest BCUT2D eigenvalue weighted by Crippen LogP contribution is -2.40. The number of carbonyl (C=O) groups excluding carboxylic acids is 1. The van der Waals surface area contributed by atoms with E-state index in [1.807, 2.05) is 0 Å². The second-order valence-electron chi connectivity index (χ2n) is 4.34. The van der Waals surface area contributed by atoms with Gasteiger partial charge in [0.25, 0.3) is 0 Å². The smallest absolute Gasteiger partial charge is 0.235 e. The summed E-state index contributed by atoms with van der Waals surface area (Å²) in [5.74, 6) is -0.308. The number of carbonyl (C=O) groups is 1. The van der Waals surface area contributed by atoms with E-state index >= 15 is 0 Å². The fraction of sp³-hybridized carbons (Fsp3) is 0.417. The summed E-state index contributed by atoms with van der Waals surface area (Å²) < 4.78 is 18.5. The number of anilines is 1. The van der Waals surface area contributed by atoms with Crippen molar-refractivity contribution in [3.05, 3.63) is 29.6 Å². The number of amides is 1. The van der Waals surface area contributed by atoms with Crippen molar-refractivity contribution in [3.63, 3.8) is 0 Å². The minimum atomic E-state index is -0.560. The Bertz CT molecular complexity index is 452. The number of rotatable bonds is 0. The summed E-state index contributed by atoms with van der Waals surface area (Å²) >= 11 is 0. The molecule has 16 heavy (non-hydrogen) atoms. The highest BCUT2D eigenvalue weighted by Crippen LogP contribution is 2.44. The number of nitrogens with one attached hydrogen (secondary N) is 1. The molecule has 2 aliphatic heterocycles. The molecular formula is C12H12FNO2. The van der Waals surface area contributed by atoms with E-state index in [2.05, 4.69) is 5.32 Å². The summed E-state index contributed by atoms with van der Waals surface area (Å²) in [6, 6.07) is 4.47. The van der Waals surface area contributed by atoms with Gasteiger partial charge in [0, 0.05) is 18.9 Å². The summed E-state index contributed by atoms with van der Waals surface area (Å²) in [5, 5.41) is 2.82. The van der Waals surface area contributed by atoms with Crippen LogP contribution < -0.4 is 5.32 Å². The molecule has 1 fully saturated rings. The van der Waals surface area contributed by atoms with Crippen LogP contribution in [-0.2, 0) is 14.9 Å². The van der Waals surface area contributed by atoms with Gasteiger partial charge in [-0.25, -0.2) is 4.39 Å². The van der Waals surface area contributed by atoms with E-state index in [0.29, 0.717) is 26.1 Å². The van der Waals surface area contributed by atoms with Crippen LogP contribution in [0.3, 0.4) is 0 Å². The molecule has 1 N–H and O–H groups in total. The van der Waals surface area contributed by atoms with E-state index < -0.39 is 5.41 Å². The summed E-state index contributed by atoms with van der Waals surface area (Å²) in [4.78, 5) is 12.0. The Kier molecular flexibility index (Phi) is 2.01. The average molecular weight is 221 g/mol. The number of hydrogen-bond acceptors (Lipinski definition) is 2. The fourth-order valence-corrected chi connectivity index (χ4v) is 2.60. The van der Waals surface area contributed by atoms with Crippen molar-refractivity contribution < 1.29 is 13.9 Å². The normalized spacial score (nSPS) is 21.9. The lowest BCUT2D eigenvalue weighted by atomic mass is 9.75. The van der Waals surface area contributed by atoms with Gasteiger partial charge in [-0.05, 0) is 36.6 Å². The maximum absolute atomic E-state index is 13.3. The monoisotopic (exact) mass is 221 g/mol. The third-order valence-corrected chi connectivity index (χ3v) is 3.53. The lowest BCUT2D eigenvalue weighted by molar-refractivity contribution is -0.124. The molecule has 0 radical (unpaired) electrons. The van der Waals surface area contributed by atoms with Gasteiger partial charge in [-0.15, -0.1) is 0 Å². The molecule has 0 atom stereocenters. The fourth-order valence-electron chi connectivity index (χ4n) is 2.60. The van der Waals surface area contributed by atoms with Gasteiger partial charge in [-0.1, -0.05) is 0 Å². The molecule has 84 valence electrons. The number of benzene rings is 1. The van der Waals surface area contributed by atoms with E-state index in [4.69, 9.17) is 4.74 Å². The molecule has 1 saturated heterocycles. The van der Waals surface area contributed by atoms with Gasteiger partial charge in [0.2, 0.25) is 5.91 Å². The Morgan fingerprint density at radius 3 is 2.81 bits per heavy atom. The summed E-state index contributed by atoms with van der Waals surface area (Å²) in [6.07, 6.45) is 1.27. The molecule has 1 aromatic carbocycles. The Morgan fingerprint density at radius 1 is 1.31 bits per heavy atom. The molecule has 0 unspecified atom stereocenters. The van der Waals surface area contributed by atoms with Crippen LogP contribution >= 0.6 is 0 Å². The van der Waals surface area contributed by atoms with Gasteiger partial charge in [0.05, 0.1) is 5.41 Å². The van der Waals surface area contributed by atoms with Crippen LogP contribution in [0.4, 0.5) is 10.1 Å². The third kappa shape index (κ3) is 1.19. The van der Waals surface area contributed by atoms with Gasteiger partial charge < -0.3 is 10.1 Å². The zero-order valence-electron chi connectivity index (χ0n) is 8.75. The highest BCUT2D eigenvalue weighted by Gasteiger charge is 2.47. The Labute approximate surface area is 92.6 Å². The topological polar surface area (TPSA) is 38.3 Å². The minimum absolute atomic E-state index is 0.0172. The number of hydrogen-bond donors (Lipinski definition) is 1. The number of ether oxygens (including phenoxy) is 1. The molecule has 2 heterocycles. The maximum Gasteiger partial charge on any atom is 0.235 e. The van der Waals surface area contributed by atoms with E-state index in [1.54, 1.807) is 6.07 Å². The second kappa shape index (κ2) is 3.28. The first kappa shape index (κ1) is 9.78. The largest absolute Gasteiger partial charge is 0.381 e. The predicted molar refractivity (Wildman–Crippen MR) is 56.8 cm³/mol. The molecule has 2 aliphatic rings. The van der Waals surface area contributed by atoms with Crippen LogP contribution in [0.1, 0.15) is 18.4 Å². The van der Waals surface area contributed by atoms with Crippen molar-refractivity contribution in [2.24, 2.45) is 0 Å². The van der Waals surface area contributed by atoms with Crippen LogP contribution in [0.25, 0.3) is 0 Å². The Balaban J connectivity index is 2.13. The van der Waals surface area contributed by atoms with Crippen LogP contribution in [-0.4, -0.2) is 19.1 Å². The van der Waals surface area contributed by atoms with Crippen molar-refractivity contribution in [2.75, 3.05) is 18.5 Å². The van der Waals surface area contributed by atoms with Crippen LogP contribution in [0.2, 0.25) is 0 Å². The molecule has 4 heteroatoms. The van der Waals surface area contributed by atoms with Crippen LogP contribution in [0, 0.1) is 5.82 Å². The quantitative estimate of drug-likeness (QED) is 0.725. The first-order chi connectivity index (χ1) is 7.72. The Hall–Kier alpha value is -1.42. The Morgan fingerprint density at radius 2 is 2.06 bits per heavy atom. The van der Waals surface area contributed by atoms with Crippen LogP contribution in [0.15, 0.2) is 18.2 Å². The zero-order valence-corrected chi connectivity index (χ0v) is 8.75. The van der Waals surface area contributed by atoms with E-state index in [0.717, 1.165) is 11.3 Å².